The molecule has 3 heterocycles. The van der Waals surface area contributed by atoms with Crippen LogP contribution in [0.25, 0.3) is 11.0 Å². The summed E-state index contributed by atoms with van der Waals surface area (Å²) in [5.41, 5.74) is 1.22. The van der Waals surface area contributed by atoms with E-state index in [1.807, 2.05) is 18.2 Å². The quantitative estimate of drug-likeness (QED) is 0.511. The van der Waals surface area contributed by atoms with Crippen LogP contribution in [-0.4, -0.2) is 58.1 Å². The van der Waals surface area contributed by atoms with Crippen LogP contribution < -0.4 is 24.6 Å². The van der Waals surface area contributed by atoms with E-state index in [9.17, 15) is 9.59 Å². The van der Waals surface area contributed by atoms with E-state index >= 15 is 0 Å². The molecule has 0 unspecified atom stereocenters. The van der Waals surface area contributed by atoms with Crippen molar-refractivity contribution in [3.8, 4) is 23.0 Å². The summed E-state index contributed by atoms with van der Waals surface area (Å²) in [6.45, 7) is 2.21. The van der Waals surface area contributed by atoms with Crippen LogP contribution in [0.5, 0.6) is 23.0 Å². The Balaban J connectivity index is 1.69. The molecule has 5 rings (SSSR count). The molecule has 1 fully saturated rings. The number of carbonyl (C=O) groups excluding carboxylic acids is 1. The Morgan fingerprint density at radius 2 is 1.76 bits per heavy atom. The fourth-order valence-electron chi connectivity index (χ4n) is 4.50. The summed E-state index contributed by atoms with van der Waals surface area (Å²) in [6, 6.07) is 10.3. The zero-order chi connectivity index (χ0) is 23.7. The van der Waals surface area contributed by atoms with E-state index in [1.54, 1.807) is 17.0 Å². The molecule has 0 aliphatic carbocycles. The molecule has 2 aliphatic rings. The lowest BCUT2D eigenvalue weighted by Gasteiger charge is -2.29. The third-order valence-corrected chi connectivity index (χ3v) is 6.20. The van der Waals surface area contributed by atoms with E-state index in [0.29, 0.717) is 65.8 Å². The van der Waals surface area contributed by atoms with Crippen molar-refractivity contribution in [3.63, 3.8) is 0 Å². The molecule has 0 saturated carbocycles. The van der Waals surface area contributed by atoms with Gasteiger partial charge in [-0.15, -0.1) is 0 Å². The van der Waals surface area contributed by atoms with Crippen LogP contribution >= 0.6 is 0 Å². The lowest BCUT2D eigenvalue weighted by atomic mass is 9.85. The maximum absolute atomic E-state index is 13.4. The van der Waals surface area contributed by atoms with Gasteiger partial charge in [0.1, 0.15) is 17.1 Å². The number of fused-ring (bicyclic) bond motifs is 2. The van der Waals surface area contributed by atoms with Crippen LogP contribution in [0.4, 0.5) is 0 Å². The third-order valence-electron chi connectivity index (χ3n) is 6.20. The number of hydrogen-bond donors (Lipinski definition) is 0. The monoisotopic (exact) mass is 467 g/mol. The second-order valence-corrected chi connectivity index (χ2v) is 8.05. The fourth-order valence-corrected chi connectivity index (χ4v) is 4.50. The number of benzene rings is 2. The highest BCUT2D eigenvalue weighted by atomic mass is 16.7. The van der Waals surface area contributed by atoms with Gasteiger partial charge in [-0.2, -0.15) is 0 Å². The molecule has 9 nitrogen and oxygen atoms in total. The number of nitrogens with zero attached hydrogens (tertiary/aromatic N) is 1. The number of ether oxygens (including phenoxy) is 5. The minimum atomic E-state index is -0.506. The largest absolute Gasteiger partial charge is 0.496 e. The molecule has 1 amide bonds. The maximum Gasteiger partial charge on any atom is 0.336 e. The van der Waals surface area contributed by atoms with Crippen LogP contribution in [0.2, 0.25) is 0 Å². The van der Waals surface area contributed by atoms with E-state index in [0.717, 1.165) is 5.56 Å². The number of carbonyl (C=O) groups is 1. The van der Waals surface area contributed by atoms with Crippen LogP contribution in [-0.2, 0) is 9.53 Å². The fraction of sp³-hybridized carbons (Fsp3) is 0.360. The number of methoxy groups -OCH3 is 2. The van der Waals surface area contributed by atoms with Gasteiger partial charge < -0.3 is 33.0 Å². The van der Waals surface area contributed by atoms with Crippen molar-refractivity contribution in [1.29, 1.82) is 0 Å². The summed E-state index contributed by atoms with van der Waals surface area (Å²) >= 11 is 0. The summed E-state index contributed by atoms with van der Waals surface area (Å²) in [6.07, 6.45) is 0.135. The zero-order valence-corrected chi connectivity index (χ0v) is 19.0. The normalized spacial score (nSPS) is 15.9. The molecular formula is C25H25NO8. The van der Waals surface area contributed by atoms with E-state index in [1.165, 1.54) is 20.3 Å². The van der Waals surface area contributed by atoms with Gasteiger partial charge >= 0.3 is 5.63 Å². The lowest BCUT2D eigenvalue weighted by molar-refractivity contribution is -0.135. The summed E-state index contributed by atoms with van der Waals surface area (Å²) in [5, 5.41) is 0.613. The molecule has 2 aliphatic heterocycles. The lowest BCUT2D eigenvalue weighted by Crippen LogP contribution is -2.41. The number of amides is 1. The molecule has 1 atom stereocenters. The zero-order valence-electron chi connectivity index (χ0n) is 19.0. The molecule has 0 bridgehead atoms. The summed E-state index contributed by atoms with van der Waals surface area (Å²) in [4.78, 5) is 27.4. The van der Waals surface area contributed by atoms with Gasteiger partial charge in [0, 0.05) is 43.1 Å². The molecular weight excluding hydrogens is 442 g/mol. The topological polar surface area (TPSA) is 96.7 Å². The van der Waals surface area contributed by atoms with Gasteiger partial charge in [0.25, 0.3) is 0 Å². The molecule has 2 aromatic carbocycles. The third kappa shape index (κ3) is 4.03. The molecule has 1 aromatic heterocycles. The van der Waals surface area contributed by atoms with Crippen molar-refractivity contribution in [2.24, 2.45) is 0 Å². The predicted molar refractivity (Wildman–Crippen MR) is 122 cm³/mol. The Kier molecular flexibility index (Phi) is 6.02. The highest BCUT2D eigenvalue weighted by Gasteiger charge is 2.30. The highest BCUT2D eigenvalue weighted by Crippen LogP contribution is 2.45. The van der Waals surface area contributed by atoms with Crippen LogP contribution in [0.3, 0.4) is 0 Å². The van der Waals surface area contributed by atoms with Gasteiger partial charge in [0.05, 0.1) is 32.8 Å². The maximum atomic E-state index is 13.4. The van der Waals surface area contributed by atoms with E-state index in [2.05, 4.69) is 0 Å². The first-order chi connectivity index (χ1) is 16.6. The van der Waals surface area contributed by atoms with Crippen molar-refractivity contribution in [2.75, 3.05) is 47.3 Å². The van der Waals surface area contributed by atoms with Crippen molar-refractivity contribution in [3.05, 3.63) is 57.9 Å². The average molecular weight is 467 g/mol. The Bertz CT molecular complexity index is 1280. The molecule has 0 N–H and O–H groups in total. The van der Waals surface area contributed by atoms with Crippen LogP contribution in [0.1, 0.15) is 23.5 Å². The van der Waals surface area contributed by atoms with E-state index < -0.39 is 11.5 Å². The molecule has 1 saturated heterocycles. The van der Waals surface area contributed by atoms with E-state index in [4.69, 9.17) is 28.1 Å². The number of morpholine rings is 1. The van der Waals surface area contributed by atoms with Gasteiger partial charge in [-0.1, -0.05) is 6.07 Å². The molecule has 3 aromatic rings. The van der Waals surface area contributed by atoms with Gasteiger partial charge in [-0.05, 0) is 23.8 Å². The summed E-state index contributed by atoms with van der Waals surface area (Å²) in [7, 11) is 3.07. The van der Waals surface area contributed by atoms with Gasteiger partial charge in [0.2, 0.25) is 12.7 Å². The average Bonchev–Trinajstić information content (AvgIpc) is 3.34. The van der Waals surface area contributed by atoms with Crippen molar-refractivity contribution in [2.45, 2.75) is 12.3 Å². The van der Waals surface area contributed by atoms with Gasteiger partial charge in [-0.3, -0.25) is 4.79 Å². The van der Waals surface area contributed by atoms with Crippen molar-refractivity contribution < 1.29 is 32.9 Å². The summed E-state index contributed by atoms with van der Waals surface area (Å²) < 4.78 is 33.4. The molecule has 0 radical (unpaired) electrons. The second-order valence-electron chi connectivity index (χ2n) is 8.05. The minimum Gasteiger partial charge on any atom is -0.496 e. The van der Waals surface area contributed by atoms with Crippen molar-refractivity contribution >= 4 is 16.9 Å². The predicted octanol–water partition coefficient (Wildman–Crippen LogP) is 2.92. The first-order valence-electron chi connectivity index (χ1n) is 11.0. The first-order valence-corrected chi connectivity index (χ1v) is 11.0. The Hall–Kier alpha value is -3.72. The first kappa shape index (κ1) is 22.1. The Labute approximate surface area is 195 Å². The Morgan fingerprint density at radius 1 is 1.00 bits per heavy atom. The standard InChI is InChI=1S/C25H25NO8/c1-29-19-13-21(30-2)24(25-16(19)4-6-23(28)34-25)17(12-22(27)26-7-9-31-10-8-26)15-3-5-18-20(11-15)33-14-32-18/h3-6,11,13,17H,7-10,12,14H2,1-2H3/t17-/m1/s1. The molecule has 178 valence electrons. The van der Waals surface area contributed by atoms with E-state index in [-0.39, 0.29) is 19.1 Å². The molecule has 0 spiro atoms. The van der Waals surface area contributed by atoms with Gasteiger partial charge in [-0.25, -0.2) is 4.79 Å². The number of hydrogen-bond acceptors (Lipinski definition) is 8. The number of rotatable bonds is 6. The SMILES string of the molecule is COc1cc(OC)c2ccc(=O)oc2c1[C@H](CC(=O)N1CCOCC1)c1ccc2c(c1)OCO2. The molecule has 34 heavy (non-hydrogen) atoms. The van der Waals surface area contributed by atoms with Crippen molar-refractivity contribution in [1.82, 2.24) is 4.90 Å². The van der Waals surface area contributed by atoms with Crippen LogP contribution in [0.15, 0.2) is 45.6 Å². The smallest absolute Gasteiger partial charge is 0.336 e. The highest BCUT2D eigenvalue weighted by molar-refractivity contribution is 5.90. The summed E-state index contributed by atoms with van der Waals surface area (Å²) in [5.74, 6) is 1.67. The Morgan fingerprint density at radius 3 is 2.53 bits per heavy atom. The second kappa shape index (κ2) is 9.26. The minimum absolute atomic E-state index is 0.0322. The van der Waals surface area contributed by atoms with Crippen LogP contribution in [0, 0.1) is 0 Å². The molecule has 9 heteroatoms. The van der Waals surface area contributed by atoms with Gasteiger partial charge in [0.15, 0.2) is 11.5 Å².